The minimum absolute atomic E-state index is 0.531. The van der Waals surface area contributed by atoms with E-state index in [1.165, 1.54) is 4.88 Å². The molecular weight excluding hydrogens is 218 g/mol. The summed E-state index contributed by atoms with van der Waals surface area (Å²) in [5.74, 6) is 1.00. The normalized spacial score (nSPS) is 12.8. The van der Waals surface area contributed by atoms with E-state index in [4.69, 9.17) is 4.42 Å². The maximum absolute atomic E-state index is 5.30. The molecule has 0 fully saturated rings. The first kappa shape index (κ1) is 11.4. The Morgan fingerprint density at radius 2 is 2.31 bits per heavy atom. The van der Waals surface area contributed by atoms with Crippen LogP contribution in [0.1, 0.15) is 24.0 Å². The molecule has 0 bridgehead atoms. The lowest BCUT2D eigenvalue weighted by molar-refractivity contribution is 0.435. The zero-order valence-corrected chi connectivity index (χ0v) is 10.3. The van der Waals surface area contributed by atoms with Gasteiger partial charge in [-0.2, -0.15) is 0 Å². The lowest BCUT2D eigenvalue weighted by Crippen LogP contribution is -2.29. The minimum atomic E-state index is 0.531. The fourth-order valence-electron chi connectivity index (χ4n) is 1.69. The second-order valence-corrected chi connectivity index (χ2v) is 4.88. The summed E-state index contributed by atoms with van der Waals surface area (Å²) in [5, 5.41) is 5.66. The number of furan rings is 1. The van der Waals surface area contributed by atoms with Crippen LogP contribution in [0.4, 0.5) is 0 Å². The molecule has 86 valence electrons. The van der Waals surface area contributed by atoms with Crippen LogP contribution < -0.4 is 5.32 Å². The third-order valence-corrected chi connectivity index (χ3v) is 3.56. The van der Waals surface area contributed by atoms with Crippen molar-refractivity contribution >= 4 is 11.3 Å². The topological polar surface area (TPSA) is 25.2 Å². The third kappa shape index (κ3) is 3.22. The van der Waals surface area contributed by atoms with Gasteiger partial charge in [-0.1, -0.05) is 13.0 Å². The Morgan fingerprint density at radius 3 is 2.94 bits per heavy atom. The molecule has 2 aromatic rings. The van der Waals surface area contributed by atoms with Crippen LogP contribution in [0.5, 0.6) is 0 Å². The van der Waals surface area contributed by atoms with Crippen LogP contribution in [0.15, 0.2) is 40.3 Å². The van der Waals surface area contributed by atoms with E-state index in [0.29, 0.717) is 6.04 Å². The molecule has 0 saturated heterocycles. The summed E-state index contributed by atoms with van der Waals surface area (Å²) in [5.41, 5.74) is 0. The third-order valence-electron chi connectivity index (χ3n) is 2.67. The monoisotopic (exact) mass is 235 g/mol. The summed E-state index contributed by atoms with van der Waals surface area (Å²) < 4.78 is 5.30. The van der Waals surface area contributed by atoms with E-state index >= 15 is 0 Å². The summed E-state index contributed by atoms with van der Waals surface area (Å²) in [6, 6.07) is 8.77. The first-order valence-corrected chi connectivity index (χ1v) is 6.54. The molecule has 0 amide bonds. The predicted octanol–water partition coefficient (Wildman–Crippen LogP) is 3.45. The molecule has 0 aromatic carbocycles. The van der Waals surface area contributed by atoms with E-state index in [1.54, 1.807) is 6.26 Å². The Hall–Kier alpha value is -1.06. The number of nitrogens with one attached hydrogen (secondary N) is 1. The van der Waals surface area contributed by atoms with Gasteiger partial charge in [0.2, 0.25) is 0 Å². The molecular formula is C13H17NOS. The standard InChI is InChI=1S/C13H17NOS/c1-2-11(9-13-6-4-8-16-13)14-10-12-5-3-7-15-12/h3-8,11,14H,2,9-10H2,1H3. The largest absolute Gasteiger partial charge is 0.468 e. The van der Waals surface area contributed by atoms with Gasteiger partial charge in [0.05, 0.1) is 12.8 Å². The lowest BCUT2D eigenvalue weighted by Gasteiger charge is -2.15. The van der Waals surface area contributed by atoms with Crippen molar-refractivity contribution in [2.45, 2.75) is 32.4 Å². The first-order valence-electron chi connectivity index (χ1n) is 5.66. The van der Waals surface area contributed by atoms with Gasteiger partial charge in [0.15, 0.2) is 0 Å². The summed E-state index contributed by atoms with van der Waals surface area (Å²) in [6.07, 6.45) is 3.96. The van der Waals surface area contributed by atoms with Crippen molar-refractivity contribution in [1.29, 1.82) is 0 Å². The van der Waals surface area contributed by atoms with E-state index in [1.807, 2.05) is 23.5 Å². The van der Waals surface area contributed by atoms with E-state index < -0.39 is 0 Å². The number of thiophene rings is 1. The Balaban J connectivity index is 1.81. The zero-order chi connectivity index (χ0) is 11.2. The molecule has 16 heavy (non-hydrogen) atoms. The molecule has 2 aromatic heterocycles. The maximum atomic E-state index is 5.30. The van der Waals surface area contributed by atoms with Gasteiger partial charge in [-0.25, -0.2) is 0 Å². The van der Waals surface area contributed by atoms with Gasteiger partial charge in [-0.15, -0.1) is 11.3 Å². The summed E-state index contributed by atoms with van der Waals surface area (Å²) >= 11 is 1.83. The smallest absolute Gasteiger partial charge is 0.117 e. The van der Waals surface area contributed by atoms with Crippen molar-refractivity contribution < 1.29 is 4.42 Å². The van der Waals surface area contributed by atoms with Gasteiger partial charge in [-0.3, -0.25) is 0 Å². The van der Waals surface area contributed by atoms with Gasteiger partial charge in [0.1, 0.15) is 5.76 Å². The highest BCUT2D eigenvalue weighted by molar-refractivity contribution is 7.09. The Kier molecular flexibility index (Phi) is 4.19. The minimum Gasteiger partial charge on any atom is -0.468 e. The predicted molar refractivity (Wildman–Crippen MR) is 67.6 cm³/mol. The molecule has 0 aliphatic rings. The fraction of sp³-hybridized carbons (Fsp3) is 0.385. The van der Waals surface area contributed by atoms with Crippen LogP contribution in [-0.4, -0.2) is 6.04 Å². The molecule has 1 atom stereocenters. The molecule has 2 heterocycles. The highest BCUT2D eigenvalue weighted by Crippen LogP contribution is 2.13. The second kappa shape index (κ2) is 5.87. The van der Waals surface area contributed by atoms with Crippen molar-refractivity contribution in [3.8, 4) is 0 Å². The molecule has 0 aliphatic heterocycles. The molecule has 2 nitrogen and oxygen atoms in total. The van der Waals surface area contributed by atoms with Gasteiger partial charge in [0, 0.05) is 10.9 Å². The Labute approximate surface area is 100 Å². The molecule has 0 saturated carbocycles. The van der Waals surface area contributed by atoms with E-state index in [2.05, 4.69) is 29.8 Å². The van der Waals surface area contributed by atoms with Crippen molar-refractivity contribution in [2.24, 2.45) is 0 Å². The maximum Gasteiger partial charge on any atom is 0.117 e. The van der Waals surface area contributed by atoms with Gasteiger partial charge < -0.3 is 9.73 Å². The van der Waals surface area contributed by atoms with Crippen LogP contribution in [0, 0.1) is 0 Å². The highest BCUT2D eigenvalue weighted by Gasteiger charge is 2.08. The number of rotatable bonds is 6. The van der Waals surface area contributed by atoms with Crippen LogP contribution in [0.3, 0.4) is 0 Å². The van der Waals surface area contributed by atoms with E-state index in [0.717, 1.165) is 25.1 Å². The quantitative estimate of drug-likeness (QED) is 0.829. The summed E-state index contributed by atoms with van der Waals surface area (Å²) in [6.45, 7) is 3.03. The molecule has 0 aliphatic carbocycles. The summed E-state index contributed by atoms with van der Waals surface area (Å²) in [4.78, 5) is 1.44. The average molecular weight is 235 g/mol. The highest BCUT2D eigenvalue weighted by atomic mass is 32.1. The van der Waals surface area contributed by atoms with Gasteiger partial charge in [-0.05, 0) is 36.4 Å². The van der Waals surface area contributed by atoms with E-state index in [9.17, 15) is 0 Å². The number of hydrogen-bond donors (Lipinski definition) is 1. The first-order chi connectivity index (χ1) is 7.88. The molecule has 0 spiro atoms. The van der Waals surface area contributed by atoms with Crippen LogP contribution in [0.2, 0.25) is 0 Å². The van der Waals surface area contributed by atoms with Crippen molar-refractivity contribution in [3.05, 3.63) is 46.5 Å². The molecule has 2 rings (SSSR count). The molecule has 0 radical (unpaired) electrons. The average Bonchev–Trinajstić information content (AvgIpc) is 2.97. The van der Waals surface area contributed by atoms with Crippen LogP contribution >= 0.6 is 11.3 Å². The summed E-state index contributed by atoms with van der Waals surface area (Å²) in [7, 11) is 0. The van der Waals surface area contributed by atoms with Crippen LogP contribution in [0.25, 0.3) is 0 Å². The van der Waals surface area contributed by atoms with Crippen molar-refractivity contribution in [2.75, 3.05) is 0 Å². The lowest BCUT2D eigenvalue weighted by atomic mass is 10.1. The number of hydrogen-bond acceptors (Lipinski definition) is 3. The fourth-order valence-corrected chi connectivity index (χ4v) is 2.48. The second-order valence-electron chi connectivity index (χ2n) is 3.85. The van der Waals surface area contributed by atoms with E-state index in [-0.39, 0.29) is 0 Å². The van der Waals surface area contributed by atoms with Crippen LogP contribution in [-0.2, 0) is 13.0 Å². The SMILES string of the molecule is CCC(Cc1cccs1)NCc1ccco1. The molecule has 3 heteroatoms. The van der Waals surface area contributed by atoms with Gasteiger partial charge >= 0.3 is 0 Å². The molecule has 1 unspecified atom stereocenters. The van der Waals surface area contributed by atoms with Crippen molar-refractivity contribution in [3.63, 3.8) is 0 Å². The van der Waals surface area contributed by atoms with Gasteiger partial charge in [0.25, 0.3) is 0 Å². The Morgan fingerprint density at radius 1 is 1.38 bits per heavy atom. The van der Waals surface area contributed by atoms with Crippen molar-refractivity contribution in [1.82, 2.24) is 5.32 Å². The zero-order valence-electron chi connectivity index (χ0n) is 9.48. The Bertz CT molecular complexity index is 380. The molecule has 1 N–H and O–H groups in total.